The van der Waals surface area contributed by atoms with Crippen LogP contribution in [0.2, 0.25) is 0 Å². The predicted molar refractivity (Wildman–Crippen MR) is 80.3 cm³/mol. The molecule has 20 heavy (non-hydrogen) atoms. The Kier molecular flexibility index (Phi) is 4.95. The van der Waals surface area contributed by atoms with Crippen molar-refractivity contribution in [2.45, 2.75) is 39.0 Å². The zero-order valence-electron chi connectivity index (χ0n) is 11.8. The van der Waals surface area contributed by atoms with E-state index in [2.05, 4.69) is 5.16 Å². The number of aliphatic hydroxyl groups is 1. The van der Waals surface area contributed by atoms with Gasteiger partial charge in [0.2, 0.25) is 0 Å². The summed E-state index contributed by atoms with van der Waals surface area (Å²) in [7, 11) is 0. The van der Waals surface area contributed by atoms with E-state index in [9.17, 15) is 9.90 Å². The van der Waals surface area contributed by atoms with Crippen LogP contribution in [-0.2, 0) is 9.63 Å². The zero-order chi connectivity index (χ0) is 14.5. The molecule has 0 bridgehead atoms. The third-order valence-electron chi connectivity index (χ3n) is 3.31. The maximum Gasteiger partial charge on any atom is 0.168 e. The summed E-state index contributed by atoms with van der Waals surface area (Å²) in [6.07, 6.45) is 1.48. The van der Waals surface area contributed by atoms with Gasteiger partial charge in [-0.15, -0.1) is 11.3 Å². The van der Waals surface area contributed by atoms with Gasteiger partial charge in [-0.3, -0.25) is 4.79 Å². The van der Waals surface area contributed by atoms with Gasteiger partial charge in [0.15, 0.2) is 5.78 Å². The Morgan fingerprint density at radius 3 is 2.85 bits per heavy atom. The van der Waals surface area contributed by atoms with Crippen molar-refractivity contribution in [3.63, 3.8) is 0 Å². The van der Waals surface area contributed by atoms with Gasteiger partial charge < -0.3 is 9.94 Å². The van der Waals surface area contributed by atoms with Crippen molar-refractivity contribution in [3.05, 3.63) is 33.7 Å². The van der Waals surface area contributed by atoms with Gasteiger partial charge in [-0.05, 0) is 24.8 Å². The first kappa shape index (κ1) is 14.8. The smallest absolute Gasteiger partial charge is 0.168 e. The predicted octanol–water partition coefficient (Wildman–Crippen LogP) is 3.81. The molecule has 5 heteroatoms. The molecule has 0 saturated carbocycles. The van der Waals surface area contributed by atoms with E-state index in [0.29, 0.717) is 37.2 Å². The highest BCUT2D eigenvalue weighted by atomic mass is 32.1. The number of Topliss-reactive ketones (excluding diaryl/α,β-unsaturated/α-hetero) is 1. The summed E-state index contributed by atoms with van der Waals surface area (Å²) in [5.41, 5.74) is 0.896. The summed E-state index contributed by atoms with van der Waals surface area (Å²) >= 11 is 1.62. The molecule has 1 aromatic heterocycles. The van der Waals surface area contributed by atoms with Crippen LogP contribution in [0, 0.1) is 0 Å². The first-order valence-electron chi connectivity index (χ1n) is 6.85. The Bertz CT molecular complexity index is 531. The second kappa shape index (κ2) is 6.70. The topological polar surface area (TPSA) is 58.9 Å². The molecule has 0 fully saturated rings. The van der Waals surface area contributed by atoms with Crippen molar-refractivity contribution >= 4 is 22.8 Å². The van der Waals surface area contributed by atoms with Crippen molar-refractivity contribution in [1.29, 1.82) is 0 Å². The summed E-state index contributed by atoms with van der Waals surface area (Å²) in [4.78, 5) is 18.5. The number of oxime groups is 1. The van der Waals surface area contributed by atoms with Crippen LogP contribution in [0.1, 0.15) is 43.9 Å². The fourth-order valence-corrected chi connectivity index (χ4v) is 3.21. The molecule has 0 radical (unpaired) electrons. The van der Waals surface area contributed by atoms with E-state index in [1.165, 1.54) is 0 Å². The Morgan fingerprint density at radius 1 is 1.50 bits per heavy atom. The quantitative estimate of drug-likeness (QED) is 0.663. The average molecular weight is 293 g/mol. The minimum Gasteiger partial charge on any atom is -0.511 e. The molecule has 1 heterocycles. The molecule has 1 aliphatic carbocycles. The molecule has 0 saturated heterocycles. The number of aliphatic hydroxyl groups excluding tert-OH is 1. The minimum absolute atomic E-state index is 0.0487. The van der Waals surface area contributed by atoms with Crippen LogP contribution in [0.4, 0.5) is 0 Å². The average Bonchev–Trinajstić information content (AvgIpc) is 2.95. The first-order chi connectivity index (χ1) is 9.67. The Morgan fingerprint density at radius 2 is 2.30 bits per heavy atom. The summed E-state index contributed by atoms with van der Waals surface area (Å²) in [5.74, 6) is 0.170. The highest BCUT2D eigenvalue weighted by Gasteiger charge is 2.31. The third kappa shape index (κ3) is 3.10. The molecular formula is C15H19NO3S. The van der Waals surface area contributed by atoms with Gasteiger partial charge in [0, 0.05) is 23.6 Å². The van der Waals surface area contributed by atoms with E-state index < -0.39 is 0 Å². The van der Waals surface area contributed by atoms with E-state index in [1.807, 2.05) is 31.4 Å². The van der Waals surface area contributed by atoms with Gasteiger partial charge in [0.05, 0.1) is 11.3 Å². The van der Waals surface area contributed by atoms with Crippen molar-refractivity contribution < 1.29 is 14.7 Å². The number of allylic oxidation sites excluding steroid dienone is 2. The standard InChI is InChI=1S/C15H19NO3S/c1-3-11(16-19-4-2)15-12(17)8-10(9-13(15)18)14-6-5-7-20-14/h5-7,10,17H,3-4,8-9H2,1-2H3. The summed E-state index contributed by atoms with van der Waals surface area (Å²) < 4.78 is 0. The highest BCUT2D eigenvalue weighted by molar-refractivity contribution is 7.10. The van der Waals surface area contributed by atoms with Crippen LogP contribution in [0.25, 0.3) is 0 Å². The monoisotopic (exact) mass is 293 g/mol. The molecule has 1 aliphatic rings. The molecular weight excluding hydrogens is 274 g/mol. The Balaban J connectivity index is 2.26. The Hall–Kier alpha value is -1.62. The normalized spacial score (nSPS) is 20.4. The fraction of sp³-hybridized carbons (Fsp3) is 0.467. The molecule has 1 N–H and O–H groups in total. The molecule has 1 aromatic rings. The van der Waals surface area contributed by atoms with Gasteiger partial charge in [-0.1, -0.05) is 18.1 Å². The molecule has 0 aromatic carbocycles. The lowest BCUT2D eigenvalue weighted by Gasteiger charge is -2.22. The molecule has 108 valence electrons. The highest BCUT2D eigenvalue weighted by Crippen LogP contribution is 2.36. The SMILES string of the molecule is CCON=C(CC)C1=C(O)CC(c2cccs2)CC1=O. The van der Waals surface area contributed by atoms with Crippen LogP contribution >= 0.6 is 11.3 Å². The lowest BCUT2D eigenvalue weighted by molar-refractivity contribution is -0.116. The Labute approximate surface area is 122 Å². The summed E-state index contributed by atoms with van der Waals surface area (Å²) in [5, 5.41) is 16.2. The number of hydrogen-bond acceptors (Lipinski definition) is 5. The van der Waals surface area contributed by atoms with Crippen LogP contribution in [-0.4, -0.2) is 23.2 Å². The number of rotatable bonds is 5. The van der Waals surface area contributed by atoms with Crippen molar-refractivity contribution in [2.75, 3.05) is 6.61 Å². The van der Waals surface area contributed by atoms with Gasteiger partial charge in [-0.2, -0.15) is 0 Å². The molecule has 4 nitrogen and oxygen atoms in total. The molecule has 0 aliphatic heterocycles. The fourth-order valence-electron chi connectivity index (χ4n) is 2.38. The van der Waals surface area contributed by atoms with Crippen LogP contribution < -0.4 is 0 Å². The first-order valence-corrected chi connectivity index (χ1v) is 7.73. The maximum absolute atomic E-state index is 12.3. The second-order valence-electron chi connectivity index (χ2n) is 4.67. The number of carbonyl (C=O) groups excluding carboxylic acids is 1. The molecule has 0 spiro atoms. The second-order valence-corrected chi connectivity index (χ2v) is 5.65. The van der Waals surface area contributed by atoms with E-state index in [1.54, 1.807) is 11.3 Å². The van der Waals surface area contributed by atoms with E-state index in [0.717, 1.165) is 4.88 Å². The number of ketones is 1. The van der Waals surface area contributed by atoms with Gasteiger partial charge >= 0.3 is 0 Å². The largest absolute Gasteiger partial charge is 0.511 e. The van der Waals surface area contributed by atoms with E-state index >= 15 is 0 Å². The number of thiophene rings is 1. The number of nitrogens with zero attached hydrogens (tertiary/aromatic N) is 1. The van der Waals surface area contributed by atoms with Crippen LogP contribution in [0.3, 0.4) is 0 Å². The summed E-state index contributed by atoms with van der Waals surface area (Å²) in [6, 6.07) is 3.98. The van der Waals surface area contributed by atoms with Crippen LogP contribution in [0.5, 0.6) is 0 Å². The number of hydrogen-bond donors (Lipinski definition) is 1. The molecule has 0 amide bonds. The zero-order valence-corrected chi connectivity index (χ0v) is 12.6. The number of carbonyl (C=O) groups is 1. The van der Waals surface area contributed by atoms with E-state index in [4.69, 9.17) is 4.84 Å². The van der Waals surface area contributed by atoms with Crippen LogP contribution in [0.15, 0.2) is 34.0 Å². The van der Waals surface area contributed by atoms with E-state index in [-0.39, 0.29) is 17.5 Å². The third-order valence-corrected chi connectivity index (χ3v) is 4.35. The van der Waals surface area contributed by atoms with Crippen molar-refractivity contribution in [2.24, 2.45) is 5.16 Å². The molecule has 2 rings (SSSR count). The summed E-state index contributed by atoms with van der Waals surface area (Å²) in [6.45, 7) is 4.18. The molecule has 1 atom stereocenters. The lowest BCUT2D eigenvalue weighted by atomic mass is 9.84. The maximum atomic E-state index is 12.3. The van der Waals surface area contributed by atoms with Gasteiger partial charge in [0.1, 0.15) is 12.4 Å². The van der Waals surface area contributed by atoms with Crippen molar-refractivity contribution in [3.8, 4) is 0 Å². The van der Waals surface area contributed by atoms with Crippen molar-refractivity contribution in [1.82, 2.24) is 0 Å². The molecule has 1 unspecified atom stereocenters. The van der Waals surface area contributed by atoms with Gasteiger partial charge in [0.25, 0.3) is 0 Å². The lowest BCUT2D eigenvalue weighted by Crippen LogP contribution is -2.23. The van der Waals surface area contributed by atoms with Gasteiger partial charge in [-0.25, -0.2) is 0 Å². The minimum atomic E-state index is -0.0487.